The Morgan fingerprint density at radius 3 is 2.57 bits per heavy atom. The largest absolute Gasteiger partial charge is 0.493 e. The highest BCUT2D eigenvalue weighted by Crippen LogP contribution is 2.37. The number of likely N-dealkylation sites (tertiary alicyclic amines) is 1. The van der Waals surface area contributed by atoms with Gasteiger partial charge in [-0.15, -0.1) is 0 Å². The second kappa shape index (κ2) is 8.72. The number of sulfonamides is 1. The zero-order valence-electron chi connectivity index (χ0n) is 17.0. The van der Waals surface area contributed by atoms with Gasteiger partial charge in [-0.25, -0.2) is 13.1 Å². The van der Waals surface area contributed by atoms with Gasteiger partial charge in [-0.05, 0) is 88.0 Å². The van der Waals surface area contributed by atoms with Crippen molar-refractivity contribution < 1.29 is 13.2 Å². The van der Waals surface area contributed by atoms with Crippen LogP contribution < -0.4 is 9.46 Å². The van der Waals surface area contributed by atoms with Crippen molar-refractivity contribution in [2.75, 3.05) is 32.5 Å². The molecule has 0 spiro atoms. The molecule has 0 atom stereocenters. The third kappa shape index (κ3) is 5.08. The third-order valence-electron chi connectivity index (χ3n) is 6.89. The summed E-state index contributed by atoms with van der Waals surface area (Å²) < 4.78 is 31.3. The van der Waals surface area contributed by atoms with Gasteiger partial charge in [0.15, 0.2) is 0 Å². The molecule has 2 aliphatic heterocycles. The zero-order chi connectivity index (χ0) is 19.6. The Bertz CT molecular complexity index is 764. The van der Waals surface area contributed by atoms with Gasteiger partial charge < -0.3 is 9.64 Å². The van der Waals surface area contributed by atoms with Crippen molar-refractivity contribution in [2.24, 2.45) is 5.92 Å². The van der Waals surface area contributed by atoms with Crippen molar-refractivity contribution in [3.8, 4) is 5.75 Å². The van der Waals surface area contributed by atoms with Crippen LogP contribution in [0.3, 0.4) is 0 Å². The Hall–Kier alpha value is -1.11. The maximum absolute atomic E-state index is 11.4. The Labute approximate surface area is 169 Å². The number of fused-ring (bicyclic) bond motifs is 1. The van der Waals surface area contributed by atoms with E-state index in [1.54, 1.807) is 0 Å². The quantitative estimate of drug-likeness (QED) is 0.788. The van der Waals surface area contributed by atoms with Gasteiger partial charge in [0.25, 0.3) is 0 Å². The Kier molecular flexibility index (Phi) is 6.28. The van der Waals surface area contributed by atoms with Crippen LogP contribution in [-0.2, 0) is 16.4 Å². The van der Waals surface area contributed by atoms with Crippen molar-refractivity contribution in [1.82, 2.24) is 9.62 Å². The number of hydrogen-bond donors (Lipinski definition) is 1. The summed E-state index contributed by atoms with van der Waals surface area (Å²) in [6.07, 6.45) is 10.4. The summed E-state index contributed by atoms with van der Waals surface area (Å²) in [5, 5.41) is 0. The number of nitrogens with zero attached hydrogens (tertiary/aromatic N) is 1. The Balaban J connectivity index is 1.19. The van der Waals surface area contributed by atoms with Gasteiger partial charge in [0.1, 0.15) is 5.75 Å². The minimum absolute atomic E-state index is 0.151. The maximum atomic E-state index is 11.4. The molecule has 2 fully saturated rings. The highest BCUT2D eigenvalue weighted by molar-refractivity contribution is 7.88. The van der Waals surface area contributed by atoms with E-state index in [1.165, 1.54) is 56.3 Å². The molecule has 4 rings (SSSR count). The van der Waals surface area contributed by atoms with E-state index in [1.807, 2.05) is 0 Å². The fourth-order valence-corrected chi connectivity index (χ4v) is 6.18. The number of rotatable bonds is 6. The van der Waals surface area contributed by atoms with Crippen LogP contribution in [-0.4, -0.2) is 51.9 Å². The minimum Gasteiger partial charge on any atom is -0.493 e. The van der Waals surface area contributed by atoms with Crippen LogP contribution >= 0.6 is 0 Å². The number of ether oxygens (including phenoxy) is 1. The van der Waals surface area contributed by atoms with E-state index in [0.717, 1.165) is 50.4 Å². The highest BCUT2D eigenvalue weighted by Gasteiger charge is 2.27. The van der Waals surface area contributed by atoms with Gasteiger partial charge in [0, 0.05) is 18.0 Å². The van der Waals surface area contributed by atoms with Crippen LogP contribution in [0.5, 0.6) is 5.75 Å². The molecule has 2 heterocycles. The fourth-order valence-electron chi connectivity index (χ4n) is 5.34. The van der Waals surface area contributed by atoms with E-state index in [4.69, 9.17) is 4.74 Å². The van der Waals surface area contributed by atoms with Crippen LogP contribution in [0.25, 0.3) is 0 Å². The first-order valence-electron chi connectivity index (χ1n) is 10.9. The van der Waals surface area contributed by atoms with E-state index in [9.17, 15) is 8.42 Å². The van der Waals surface area contributed by atoms with Gasteiger partial charge in [-0.2, -0.15) is 0 Å². The van der Waals surface area contributed by atoms with E-state index in [2.05, 4.69) is 27.8 Å². The van der Waals surface area contributed by atoms with Gasteiger partial charge in [0.2, 0.25) is 10.0 Å². The van der Waals surface area contributed by atoms with Crippen molar-refractivity contribution >= 4 is 10.0 Å². The predicted molar refractivity (Wildman–Crippen MR) is 112 cm³/mol. The normalized spacial score (nSPS) is 26.8. The molecule has 6 heteroatoms. The summed E-state index contributed by atoms with van der Waals surface area (Å²) in [5.74, 6) is 2.55. The van der Waals surface area contributed by atoms with E-state index in [0.29, 0.717) is 5.92 Å². The van der Waals surface area contributed by atoms with Gasteiger partial charge in [-0.3, -0.25) is 0 Å². The standard InChI is InChI=1S/C22H34N2O3S/c1-28(25,26)23-19-7-5-17(6-8-19)9-13-24-14-10-18(11-15-24)20-3-2-4-22-21(20)12-16-27-22/h2-4,17-19,23H,5-16H2,1H3/t17-,19-. The summed E-state index contributed by atoms with van der Waals surface area (Å²) in [5.41, 5.74) is 2.99. The maximum Gasteiger partial charge on any atom is 0.208 e. The molecule has 0 unspecified atom stereocenters. The molecule has 1 aromatic carbocycles. The zero-order valence-corrected chi connectivity index (χ0v) is 17.8. The lowest BCUT2D eigenvalue weighted by molar-refractivity contribution is 0.185. The average Bonchev–Trinajstić information content (AvgIpc) is 3.16. The van der Waals surface area contributed by atoms with Crippen LogP contribution in [0.1, 0.15) is 62.0 Å². The summed E-state index contributed by atoms with van der Waals surface area (Å²) in [6, 6.07) is 6.73. The van der Waals surface area contributed by atoms with Gasteiger partial charge in [0.05, 0.1) is 12.9 Å². The second-order valence-electron chi connectivity index (χ2n) is 8.93. The lowest BCUT2D eigenvalue weighted by atomic mass is 9.83. The number of benzene rings is 1. The van der Waals surface area contributed by atoms with Crippen LogP contribution in [0.4, 0.5) is 0 Å². The number of piperidine rings is 1. The monoisotopic (exact) mass is 406 g/mol. The predicted octanol–water partition coefficient (Wildman–Crippen LogP) is 3.30. The van der Waals surface area contributed by atoms with Crippen molar-refractivity contribution in [1.29, 1.82) is 0 Å². The summed E-state index contributed by atoms with van der Waals surface area (Å²) in [4.78, 5) is 2.64. The molecule has 156 valence electrons. The molecule has 1 saturated carbocycles. The van der Waals surface area contributed by atoms with Crippen LogP contribution in [0, 0.1) is 5.92 Å². The molecule has 0 bridgehead atoms. The molecule has 1 saturated heterocycles. The Morgan fingerprint density at radius 2 is 1.86 bits per heavy atom. The molecule has 0 amide bonds. The lowest BCUT2D eigenvalue weighted by Gasteiger charge is -2.35. The molecule has 1 aromatic rings. The molecule has 5 nitrogen and oxygen atoms in total. The van der Waals surface area contributed by atoms with E-state index < -0.39 is 10.0 Å². The third-order valence-corrected chi connectivity index (χ3v) is 7.65. The van der Waals surface area contributed by atoms with Crippen LogP contribution in [0.2, 0.25) is 0 Å². The first kappa shape index (κ1) is 20.2. The highest BCUT2D eigenvalue weighted by atomic mass is 32.2. The molecule has 0 aromatic heterocycles. The molecule has 28 heavy (non-hydrogen) atoms. The molecule has 1 N–H and O–H groups in total. The smallest absolute Gasteiger partial charge is 0.208 e. The summed E-state index contributed by atoms with van der Waals surface area (Å²) >= 11 is 0. The lowest BCUT2D eigenvalue weighted by Crippen LogP contribution is -2.38. The first-order chi connectivity index (χ1) is 13.5. The summed E-state index contributed by atoms with van der Waals surface area (Å²) in [6.45, 7) is 4.42. The van der Waals surface area contributed by atoms with E-state index in [-0.39, 0.29) is 6.04 Å². The van der Waals surface area contributed by atoms with Crippen molar-refractivity contribution in [3.63, 3.8) is 0 Å². The van der Waals surface area contributed by atoms with Crippen molar-refractivity contribution in [2.45, 2.75) is 63.3 Å². The molecule has 0 radical (unpaired) electrons. The molecule has 3 aliphatic rings. The molecular formula is C22H34N2O3S. The molecular weight excluding hydrogens is 372 g/mol. The second-order valence-corrected chi connectivity index (χ2v) is 10.7. The SMILES string of the molecule is CS(=O)(=O)N[C@H]1CC[C@H](CCN2CCC(c3cccc4c3CCO4)CC2)CC1. The van der Waals surface area contributed by atoms with Gasteiger partial charge >= 0.3 is 0 Å². The van der Waals surface area contributed by atoms with Crippen LogP contribution in [0.15, 0.2) is 18.2 Å². The van der Waals surface area contributed by atoms with Crippen molar-refractivity contribution in [3.05, 3.63) is 29.3 Å². The van der Waals surface area contributed by atoms with E-state index >= 15 is 0 Å². The minimum atomic E-state index is -3.07. The average molecular weight is 407 g/mol. The van der Waals surface area contributed by atoms with Gasteiger partial charge in [-0.1, -0.05) is 12.1 Å². The number of hydrogen-bond acceptors (Lipinski definition) is 4. The molecule has 1 aliphatic carbocycles. The number of nitrogens with one attached hydrogen (secondary N) is 1. The fraction of sp³-hybridized carbons (Fsp3) is 0.727. The first-order valence-corrected chi connectivity index (χ1v) is 12.8. The topological polar surface area (TPSA) is 58.6 Å². The summed E-state index contributed by atoms with van der Waals surface area (Å²) in [7, 11) is -3.07. The Morgan fingerprint density at radius 1 is 1.11 bits per heavy atom.